The number of benzene rings is 1. The van der Waals surface area contributed by atoms with Gasteiger partial charge in [0.15, 0.2) is 11.5 Å². The molecule has 0 bridgehead atoms. The smallest absolute Gasteiger partial charge is 0.182 e. The third kappa shape index (κ3) is 3.80. The van der Waals surface area contributed by atoms with Gasteiger partial charge in [0.05, 0.1) is 23.9 Å². The number of methoxy groups -OCH3 is 1. The van der Waals surface area contributed by atoms with E-state index < -0.39 is 0 Å². The number of fused-ring (bicyclic) bond motifs is 2. The van der Waals surface area contributed by atoms with Crippen molar-refractivity contribution in [3.63, 3.8) is 0 Å². The molecule has 0 atom stereocenters. The number of aromatic nitrogens is 7. The van der Waals surface area contributed by atoms with Crippen LogP contribution in [0.25, 0.3) is 28.0 Å². The van der Waals surface area contributed by atoms with E-state index in [0.29, 0.717) is 46.2 Å². The highest BCUT2D eigenvalue weighted by Gasteiger charge is 2.15. The summed E-state index contributed by atoms with van der Waals surface area (Å²) < 4.78 is 19.9. The van der Waals surface area contributed by atoms with Crippen molar-refractivity contribution in [1.82, 2.24) is 34.5 Å². The van der Waals surface area contributed by atoms with Gasteiger partial charge in [-0.05, 0) is 24.3 Å². The number of pyridine rings is 1. The van der Waals surface area contributed by atoms with Gasteiger partial charge in [0.1, 0.15) is 29.3 Å². The lowest BCUT2D eigenvalue weighted by molar-refractivity contribution is 0.277. The van der Waals surface area contributed by atoms with E-state index in [1.54, 1.807) is 32.8 Å². The van der Waals surface area contributed by atoms with Gasteiger partial charge in [0.2, 0.25) is 0 Å². The highest BCUT2D eigenvalue weighted by atomic mass is 19.1. The van der Waals surface area contributed by atoms with Crippen LogP contribution in [-0.2, 0) is 11.3 Å². The highest BCUT2D eigenvalue weighted by molar-refractivity contribution is 5.82. The predicted octanol–water partition coefficient (Wildman–Crippen LogP) is 3.10. The van der Waals surface area contributed by atoms with Crippen molar-refractivity contribution in [2.45, 2.75) is 6.54 Å². The lowest BCUT2D eigenvalue weighted by Crippen LogP contribution is -2.09. The van der Waals surface area contributed by atoms with Crippen LogP contribution in [0.4, 0.5) is 10.2 Å². The summed E-state index contributed by atoms with van der Waals surface area (Å²) in [7, 11) is 3.25. The van der Waals surface area contributed by atoms with E-state index in [1.165, 1.54) is 18.5 Å². The van der Waals surface area contributed by atoms with E-state index in [9.17, 15) is 4.39 Å². The van der Waals surface area contributed by atoms with Gasteiger partial charge in [0, 0.05) is 26.5 Å². The maximum atomic E-state index is 13.8. The van der Waals surface area contributed by atoms with Gasteiger partial charge >= 0.3 is 0 Å². The molecular weight excluding hydrogens is 387 g/mol. The zero-order chi connectivity index (χ0) is 20.9. The summed E-state index contributed by atoms with van der Waals surface area (Å²) in [6, 6.07) is 10.1. The Kier molecular flexibility index (Phi) is 5.57. The Morgan fingerprint density at radius 3 is 2.77 bits per heavy atom. The first-order chi connectivity index (χ1) is 14.7. The van der Waals surface area contributed by atoms with Crippen molar-refractivity contribution in [3.8, 4) is 5.82 Å². The fourth-order valence-corrected chi connectivity index (χ4v) is 3.02. The van der Waals surface area contributed by atoms with E-state index in [1.807, 2.05) is 22.8 Å². The van der Waals surface area contributed by atoms with Crippen LogP contribution in [0.3, 0.4) is 0 Å². The summed E-state index contributed by atoms with van der Waals surface area (Å²) in [5.74, 6) is 1.63. The number of anilines is 1. The summed E-state index contributed by atoms with van der Waals surface area (Å²) in [6.45, 7) is 0.359. The fourth-order valence-electron chi connectivity index (χ4n) is 3.02. The van der Waals surface area contributed by atoms with E-state index in [2.05, 4.69) is 40.0 Å². The average Bonchev–Trinajstić information content (AvgIpc) is 3.38. The largest absolute Gasteiger partial charge is 0.388 e. The molecule has 0 saturated carbocycles. The zero-order valence-corrected chi connectivity index (χ0v) is 16.4. The Morgan fingerprint density at radius 1 is 1.10 bits per heavy atom. The summed E-state index contributed by atoms with van der Waals surface area (Å²) >= 11 is 0. The first-order valence-electron chi connectivity index (χ1n) is 9.07. The van der Waals surface area contributed by atoms with Crippen LogP contribution in [0, 0.1) is 5.82 Å². The second-order valence-electron chi connectivity index (χ2n) is 6.27. The summed E-state index contributed by atoms with van der Waals surface area (Å²) in [5.41, 5.74) is 2.63. The third-order valence-corrected chi connectivity index (χ3v) is 4.20. The molecule has 9 nitrogen and oxygen atoms in total. The van der Waals surface area contributed by atoms with Crippen molar-refractivity contribution < 1.29 is 9.13 Å². The quantitative estimate of drug-likeness (QED) is 0.472. The number of hydrogen-bond acceptors (Lipinski definition) is 7. The number of aromatic amines is 1. The molecule has 0 aliphatic carbocycles. The van der Waals surface area contributed by atoms with Crippen LogP contribution in [-0.4, -0.2) is 48.7 Å². The summed E-state index contributed by atoms with van der Waals surface area (Å²) in [4.78, 5) is 24.5. The topological polar surface area (TPSA) is 106 Å². The van der Waals surface area contributed by atoms with Gasteiger partial charge in [-0.1, -0.05) is 6.07 Å². The standard InChI is InChI=1S/C18H13FN8.C2H6O/c19-11-4-5-12-13(7-11)27(14-3-1-2-6-20-14)15(26-12)8-21-17-16-18(23-9-22-16)25-10-24-17;1-3-2/h1-7,9-10H,8H2,(H2,21,22,23,24,25);1-2H3. The Labute approximate surface area is 171 Å². The minimum atomic E-state index is -0.325. The first-order valence-corrected chi connectivity index (χ1v) is 9.07. The molecule has 2 N–H and O–H groups in total. The van der Waals surface area contributed by atoms with Crippen molar-refractivity contribution in [2.75, 3.05) is 19.5 Å². The van der Waals surface area contributed by atoms with Crippen LogP contribution >= 0.6 is 0 Å². The normalized spacial score (nSPS) is 10.8. The van der Waals surface area contributed by atoms with Crippen LogP contribution in [0.1, 0.15) is 5.82 Å². The number of imidazole rings is 2. The van der Waals surface area contributed by atoms with Gasteiger partial charge in [-0.2, -0.15) is 0 Å². The van der Waals surface area contributed by atoms with Gasteiger partial charge < -0.3 is 15.0 Å². The van der Waals surface area contributed by atoms with Crippen molar-refractivity contribution >= 4 is 28.0 Å². The van der Waals surface area contributed by atoms with Gasteiger partial charge in [-0.3, -0.25) is 4.57 Å². The minimum Gasteiger partial charge on any atom is -0.388 e. The predicted molar refractivity (Wildman–Crippen MR) is 111 cm³/mol. The van der Waals surface area contributed by atoms with Crippen molar-refractivity contribution in [1.29, 1.82) is 0 Å². The SMILES string of the molecule is COC.Fc1ccc2nc(CNc3ncnc4nc[nH]c34)n(-c3ccccn3)c2c1. The maximum Gasteiger partial charge on any atom is 0.182 e. The molecule has 0 fully saturated rings. The number of rotatable bonds is 4. The molecule has 0 spiro atoms. The second-order valence-corrected chi connectivity index (χ2v) is 6.27. The molecule has 0 saturated heterocycles. The van der Waals surface area contributed by atoms with Gasteiger partial charge in [-0.15, -0.1) is 0 Å². The molecule has 152 valence electrons. The molecule has 4 heterocycles. The second kappa shape index (κ2) is 8.62. The van der Waals surface area contributed by atoms with E-state index in [-0.39, 0.29) is 5.82 Å². The molecule has 0 radical (unpaired) electrons. The average molecular weight is 406 g/mol. The number of hydrogen-bond donors (Lipinski definition) is 2. The lowest BCUT2D eigenvalue weighted by atomic mass is 10.3. The van der Waals surface area contributed by atoms with E-state index in [4.69, 9.17) is 0 Å². The fraction of sp³-hybridized carbons (Fsp3) is 0.150. The minimum absolute atomic E-state index is 0.325. The molecule has 0 amide bonds. The zero-order valence-electron chi connectivity index (χ0n) is 16.4. The Morgan fingerprint density at radius 2 is 1.97 bits per heavy atom. The van der Waals surface area contributed by atoms with Crippen LogP contribution in [0.2, 0.25) is 0 Å². The molecule has 0 aliphatic heterocycles. The molecule has 4 aromatic heterocycles. The molecule has 0 aliphatic rings. The highest BCUT2D eigenvalue weighted by Crippen LogP contribution is 2.23. The van der Waals surface area contributed by atoms with Crippen molar-refractivity contribution in [3.05, 3.63) is 66.9 Å². The lowest BCUT2D eigenvalue weighted by Gasteiger charge is -2.10. The molecule has 5 aromatic rings. The van der Waals surface area contributed by atoms with Crippen molar-refractivity contribution in [2.24, 2.45) is 0 Å². The van der Waals surface area contributed by atoms with Gasteiger partial charge in [-0.25, -0.2) is 29.3 Å². The molecule has 5 rings (SSSR count). The number of ether oxygens (including phenoxy) is 1. The van der Waals surface area contributed by atoms with E-state index in [0.717, 1.165) is 0 Å². The maximum absolute atomic E-state index is 13.8. The molecule has 1 aromatic carbocycles. The number of nitrogens with zero attached hydrogens (tertiary/aromatic N) is 6. The monoisotopic (exact) mass is 406 g/mol. The molecule has 10 heteroatoms. The summed E-state index contributed by atoms with van der Waals surface area (Å²) in [6.07, 6.45) is 4.70. The number of nitrogens with one attached hydrogen (secondary N) is 2. The summed E-state index contributed by atoms with van der Waals surface area (Å²) in [5, 5.41) is 3.25. The van der Waals surface area contributed by atoms with Crippen LogP contribution < -0.4 is 5.32 Å². The third-order valence-electron chi connectivity index (χ3n) is 4.20. The Balaban J connectivity index is 0.000000687. The van der Waals surface area contributed by atoms with E-state index >= 15 is 0 Å². The Hall–Kier alpha value is -3.92. The van der Waals surface area contributed by atoms with Crippen LogP contribution in [0.5, 0.6) is 0 Å². The number of halogens is 1. The first kappa shape index (κ1) is 19.4. The van der Waals surface area contributed by atoms with Crippen LogP contribution in [0.15, 0.2) is 55.2 Å². The number of H-pyrrole nitrogens is 1. The molecule has 30 heavy (non-hydrogen) atoms. The molecule has 0 unspecified atom stereocenters. The Bertz CT molecular complexity index is 1270. The molecular formula is C20H19FN8O. The van der Waals surface area contributed by atoms with Gasteiger partial charge in [0.25, 0.3) is 0 Å².